The van der Waals surface area contributed by atoms with Gasteiger partial charge in [0.2, 0.25) is 11.8 Å². The number of benzene rings is 1. The summed E-state index contributed by atoms with van der Waals surface area (Å²) in [5, 5.41) is 8.69. The zero-order chi connectivity index (χ0) is 18.4. The highest BCUT2D eigenvalue weighted by atomic mass is 32.2. The average molecular weight is 372 g/mol. The summed E-state index contributed by atoms with van der Waals surface area (Å²) in [6.07, 6.45) is 1.72. The van der Waals surface area contributed by atoms with Crippen LogP contribution >= 0.6 is 11.8 Å². The Labute approximate surface area is 155 Å². The Morgan fingerprint density at radius 3 is 2.73 bits per heavy atom. The molecule has 0 unspecified atom stereocenters. The Hall–Kier alpha value is -2.61. The lowest BCUT2D eigenvalue weighted by Gasteiger charge is -2.02. The maximum Gasteiger partial charge on any atom is 0.251 e. The second-order valence-electron chi connectivity index (χ2n) is 5.54. The van der Waals surface area contributed by atoms with E-state index in [9.17, 15) is 4.79 Å². The number of aromatic amines is 1. The highest BCUT2D eigenvalue weighted by molar-refractivity contribution is 7.98. The van der Waals surface area contributed by atoms with Crippen molar-refractivity contribution in [2.45, 2.75) is 37.6 Å². The molecule has 0 atom stereocenters. The van der Waals surface area contributed by atoms with Crippen LogP contribution in [0, 0.1) is 0 Å². The predicted octanol–water partition coefficient (Wildman–Crippen LogP) is 3.46. The zero-order valence-corrected chi connectivity index (χ0v) is 15.5. The van der Waals surface area contributed by atoms with E-state index >= 15 is 0 Å². The number of aromatic nitrogens is 4. The monoisotopic (exact) mass is 372 g/mol. The van der Waals surface area contributed by atoms with E-state index in [2.05, 4.69) is 27.1 Å². The normalized spacial score (nSPS) is 10.8. The molecule has 136 valence electrons. The van der Waals surface area contributed by atoms with Gasteiger partial charge >= 0.3 is 0 Å². The molecule has 1 aromatic carbocycles. The van der Waals surface area contributed by atoms with Crippen molar-refractivity contribution in [3.8, 4) is 17.2 Å². The smallest absolute Gasteiger partial charge is 0.251 e. The molecule has 0 radical (unpaired) electrons. The molecular weight excluding hydrogens is 352 g/mol. The molecule has 0 aliphatic carbocycles. The number of hydrogen-bond donors (Lipinski definition) is 1. The lowest BCUT2D eigenvalue weighted by atomic mass is 10.2. The van der Waals surface area contributed by atoms with Crippen molar-refractivity contribution < 1.29 is 9.15 Å². The summed E-state index contributed by atoms with van der Waals surface area (Å²) in [6, 6.07) is 9.02. The highest BCUT2D eigenvalue weighted by Crippen LogP contribution is 2.24. The minimum absolute atomic E-state index is 0.147. The number of nitrogens with one attached hydrogen (secondary N) is 1. The molecule has 0 aliphatic rings. The molecule has 3 aromatic rings. The molecule has 3 rings (SSSR count). The van der Waals surface area contributed by atoms with Crippen LogP contribution < -0.4 is 10.3 Å². The lowest BCUT2D eigenvalue weighted by molar-refractivity contribution is 0.340. The van der Waals surface area contributed by atoms with E-state index < -0.39 is 0 Å². The Morgan fingerprint density at radius 1 is 1.19 bits per heavy atom. The SMILES string of the molecule is CCCc1cc(=O)[nH]c(SCc2nnc(-c3ccc(OCC)cc3)o2)n1. The first-order valence-electron chi connectivity index (χ1n) is 8.46. The third-order valence-corrected chi connectivity index (χ3v) is 4.35. The van der Waals surface area contributed by atoms with Crippen molar-refractivity contribution in [1.29, 1.82) is 0 Å². The Morgan fingerprint density at radius 2 is 2.00 bits per heavy atom. The van der Waals surface area contributed by atoms with Crippen molar-refractivity contribution in [1.82, 2.24) is 20.2 Å². The third kappa shape index (κ3) is 4.72. The first-order chi connectivity index (χ1) is 12.7. The lowest BCUT2D eigenvalue weighted by Crippen LogP contribution is -2.09. The summed E-state index contributed by atoms with van der Waals surface area (Å²) in [7, 11) is 0. The summed E-state index contributed by atoms with van der Waals surface area (Å²) in [5.74, 6) is 2.16. The summed E-state index contributed by atoms with van der Waals surface area (Å²) in [5.41, 5.74) is 1.47. The first kappa shape index (κ1) is 18.2. The van der Waals surface area contributed by atoms with Crippen LogP contribution in [-0.4, -0.2) is 26.8 Å². The fourth-order valence-corrected chi connectivity index (χ4v) is 3.09. The van der Waals surface area contributed by atoms with Gasteiger partial charge in [-0.3, -0.25) is 4.79 Å². The molecule has 0 saturated heterocycles. The summed E-state index contributed by atoms with van der Waals surface area (Å²) in [4.78, 5) is 18.8. The number of hydrogen-bond acceptors (Lipinski definition) is 7. The minimum Gasteiger partial charge on any atom is -0.494 e. The molecule has 0 amide bonds. The molecule has 0 spiro atoms. The van der Waals surface area contributed by atoms with Gasteiger partial charge in [0.1, 0.15) is 5.75 Å². The van der Waals surface area contributed by atoms with Gasteiger partial charge < -0.3 is 14.1 Å². The number of H-pyrrole nitrogens is 1. The summed E-state index contributed by atoms with van der Waals surface area (Å²) < 4.78 is 11.1. The van der Waals surface area contributed by atoms with E-state index in [4.69, 9.17) is 9.15 Å². The van der Waals surface area contributed by atoms with Crippen LogP contribution in [0.2, 0.25) is 0 Å². The molecule has 0 saturated carbocycles. The fourth-order valence-electron chi connectivity index (χ4n) is 2.36. The van der Waals surface area contributed by atoms with Crippen LogP contribution in [0.25, 0.3) is 11.5 Å². The quantitative estimate of drug-likeness (QED) is 0.478. The molecule has 0 bridgehead atoms. The Balaban J connectivity index is 1.66. The number of rotatable bonds is 8. The first-order valence-corrected chi connectivity index (χ1v) is 9.45. The maximum atomic E-state index is 11.7. The topological polar surface area (TPSA) is 93.9 Å². The van der Waals surface area contributed by atoms with Gasteiger partial charge in [0.15, 0.2) is 5.16 Å². The molecule has 1 N–H and O–H groups in total. The average Bonchev–Trinajstić information content (AvgIpc) is 3.10. The zero-order valence-electron chi connectivity index (χ0n) is 14.7. The van der Waals surface area contributed by atoms with Crippen LogP contribution in [0.3, 0.4) is 0 Å². The van der Waals surface area contributed by atoms with Gasteiger partial charge in [-0.05, 0) is 37.6 Å². The minimum atomic E-state index is -0.147. The van der Waals surface area contributed by atoms with Crippen molar-refractivity contribution in [2.24, 2.45) is 0 Å². The number of ether oxygens (including phenoxy) is 1. The standard InChI is InChI=1S/C18H20N4O3S/c1-3-5-13-10-15(23)20-18(19-13)26-11-16-21-22-17(25-16)12-6-8-14(9-7-12)24-4-2/h6-10H,3-5,11H2,1-2H3,(H,19,20,23). The second-order valence-corrected chi connectivity index (χ2v) is 6.50. The van der Waals surface area contributed by atoms with E-state index in [1.165, 1.54) is 17.8 Å². The highest BCUT2D eigenvalue weighted by Gasteiger charge is 2.10. The van der Waals surface area contributed by atoms with Crippen LogP contribution in [0.1, 0.15) is 31.9 Å². The summed E-state index contributed by atoms with van der Waals surface area (Å²) in [6.45, 7) is 4.61. The molecule has 8 heteroatoms. The second kappa shape index (κ2) is 8.66. The Kier molecular flexibility index (Phi) is 6.06. The van der Waals surface area contributed by atoms with Crippen molar-refractivity contribution in [3.05, 3.63) is 52.3 Å². The van der Waals surface area contributed by atoms with Gasteiger partial charge in [0, 0.05) is 17.3 Å². The molecule has 26 heavy (non-hydrogen) atoms. The molecule has 2 aromatic heterocycles. The molecule has 0 aliphatic heterocycles. The largest absolute Gasteiger partial charge is 0.494 e. The van der Waals surface area contributed by atoms with Crippen molar-refractivity contribution >= 4 is 11.8 Å². The maximum absolute atomic E-state index is 11.7. The van der Waals surface area contributed by atoms with Gasteiger partial charge in [0.05, 0.1) is 12.4 Å². The van der Waals surface area contributed by atoms with Gasteiger partial charge in [-0.15, -0.1) is 10.2 Å². The number of thioether (sulfide) groups is 1. The molecule has 7 nitrogen and oxygen atoms in total. The van der Waals surface area contributed by atoms with E-state index in [1.807, 2.05) is 31.2 Å². The van der Waals surface area contributed by atoms with Crippen LogP contribution in [-0.2, 0) is 12.2 Å². The van der Waals surface area contributed by atoms with E-state index in [0.717, 1.165) is 29.8 Å². The summed E-state index contributed by atoms with van der Waals surface area (Å²) >= 11 is 1.36. The van der Waals surface area contributed by atoms with Crippen LogP contribution in [0.5, 0.6) is 5.75 Å². The third-order valence-electron chi connectivity index (χ3n) is 3.49. The van der Waals surface area contributed by atoms with Gasteiger partial charge in [-0.25, -0.2) is 4.98 Å². The van der Waals surface area contributed by atoms with E-state index in [1.54, 1.807) is 0 Å². The van der Waals surface area contributed by atoms with E-state index in [-0.39, 0.29) is 5.56 Å². The fraction of sp³-hybridized carbons (Fsp3) is 0.333. The van der Waals surface area contributed by atoms with Crippen LogP contribution in [0.4, 0.5) is 0 Å². The van der Waals surface area contributed by atoms with E-state index in [0.29, 0.717) is 29.3 Å². The van der Waals surface area contributed by atoms with Crippen molar-refractivity contribution in [2.75, 3.05) is 6.61 Å². The molecule has 2 heterocycles. The molecule has 0 fully saturated rings. The number of aryl methyl sites for hydroxylation is 1. The van der Waals surface area contributed by atoms with Crippen LogP contribution in [0.15, 0.2) is 44.7 Å². The van der Waals surface area contributed by atoms with Gasteiger partial charge in [0.25, 0.3) is 5.56 Å². The van der Waals surface area contributed by atoms with Gasteiger partial charge in [-0.2, -0.15) is 0 Å². The Bertz CT molecular complexity index is 905. The van der Waals surface area contributed by atoms with Crippen molar-refractivity contribution in [3.63, 3.8) is 0 Å². The predicted molar refractivity (Wildman–Crippen MR) is 99.3 cm³/mol. The van der Waals surface area contributed by atoms with Gasteiger partial charge in [-0.1, -0.05) is 25.1 Å². The molecular formula is C18H20N4O3S. The number of nitrogens with zero attached hydrogens (tertiary/aromatic N) is 3.